The minimum absolute atomic E-state index is 0.307. The maximum absolute atomic E-state index is 13.7. The molecule has 12 heteroatoms. The van der Waals surface area contributed by atoms with Crippen molar-refractivity contribution in [2.45, 2.75) is 32.7 Å². The van der Waals surface area contributed by atoms with Crippen LogP contribution in [0.3, 0.4) is 0 Å². The van der Waals surface area contributed by atoms with Gasteiger partial charge in [0.15, 0.2) is 11.4 Å². The van der Waals surface area contributed by atoms with Gasteiger partial charge >= 0.3 is 24.3 Å². The number of carbonyl (C=O) groups excluding carboxylic acids is 2. The molecule has 0 amide bonds. The predicted octanol–water partition coefficient (Wildman–Crippen LogP) is 5.08. The van der Waals surface area contributed by atoms with E-state index >= 15 is 0 Å². The topological polar surface area (TPSA) is 77.5 Å². The summed E-state index contributed by atoms with van der Waals surface area (Å²) >= 11 is 0. The Kier molecular flexibility index (Phi) is 7.70. The van der Waals surface area contributed by atoms with Crippen molar-refractivity contribution < 1.29 is 45.4 Å². The highest BCUT2D eigenvalue weighted by Crippen LogP contribution is 2.42. The molecule has 2 rings (SSSR count). The number of rotatable bonds is 7. The number of carbonyl (C=O) groups is 2. The highest BCUT2D eigenvalue weighted by molar-refractivity contribution is 6.06. The number of hydrogen-bond acceptors (Lipinski definition) is 6. The lowest BCUT2D eigenvalue weighted by atomic mass is 10.0. The number of halogens is 6. The molecule has 2 aromatic rings. The first-order chi connectivity index (χ1) is 14.9. The first-order valence-corrected chi connectivity index (χ1v) is 9.26. The van der Waals surface area contributed by atoms with Crippen molar-refractivity contribution in [3.05, 3.63) is 58.4 Å². The van der Waals surface area contributed by atoms with Crippen LogP contribution < -0.4 is 5.32 Å². The molecule has 1 aromatic carbocycles. The zero-order valence-corrected chi connectivity index (χ0v) is 16.9. The van der Waals surface area contributed by atoms with E-state index in [2.05, 4.69) is 19.8 Å². The van der Waals surface area contributed by atoms with Gasteiger partial charge < -0.3 is 14.8 Å². The van der Waals surface area contributed by atoms with E-state index in [1.54, 1.807) is 18.2 Å². The molecular weight excluding hydrogens is 446 g/mol. The molecule has 0 aliphatic rings. The molecule has 6 nitrogen and oxygen atoms in total. The Morgan fingerprint density at radius 3 is 1.66 bits per heavy atom. The van der Waals surface area contributed by atoms with E-state index in [9.17, 15) is 35.9 Å². The summed E-state index contributed by atoms with van der Waals surface area (Å²) < 4.78 is 91.2. The van der Waals surface area contributed by atoms with Crippen LogP contribution in [0, 0.1) is 0 Å². The lowest BCUT2D eigenvalue weighted by Gasteiger charge is -2.22. The zero-order valence-electron chi connectivity index (χ0n) is 16.9. The number of nitrogens with one attached hydrogen (secondary N) is 1. The summed E-state index contributed by atoms with van der Waals surface area (Å²) in [7, 11) is 0. The highest BCUT2D eigenvalue weighted by Gasteiger charge is 2.47. The van der Waals surface area contributed by atoms with Crippen molar-refractivity contribution in [2.24, 2.45) is 0 Å². The van der Waals surface area contributed by atoms with Gasteiger partial charge in [0.2, 0.25) is 0 Å². The third-order valence-corrected chi connectivity index (χ3v) is 4.01. The van der Waals surface area contributed by atoms with E-state index in [1.165, 1.54) is 26.0 Å². The number of benzene rings is 1. The van der Waals surface area contributed by atoms with Crippen LogP contribution in [0.2, 0.25) is 0 Å². The number of pyridine rings is 1. The smallest absolute Gasteiger partial charge is 0.434 e. The number of esters is 2. The summed E-state index contributed by atoms with van der Waals surface area (Å²) in [5.41, 5.74) is -7.52. The minimum Gasteiger partial charge on any atom is -0.462 e. The Morgan fingerprint density at radius 1 is 0.844 bits per heavy atom. The van der Waals surface area contributed by atoms with Gasteiger partial charge in [0, 0.05) is 6.54 Å². The molecule has 0 fully saturated rings. The van der Waals surface area contributed by atoms with Crippen LogP contribution in [0.1, 0.15) is 51.5 Å². The Hall–Kier alpha value is -3.31. The SMILES string of the molecule is CCOC(=O)c1c(C(F)(F)F)nc(C(F)(F)F)c(C(=O)OCC)c1NCc1ccccc1. The van der Waals surface area contributed by atoms with Crippen LogP contribution in [-0.4, -0.2) is 30.1 Å². The molecule has 0 bridgehead atoms. The van der Waals surface area contributed by atoms with Crippen molar-refractivity contribution in [1.29, 1.82) is 0 Å². The van der Waals surface area contributed by atoms with E-state index in [0.29, 0.717) is 5.56 Å². The van der Waals surface area contributed by atoms with Gasteiger partial charge in [-0.3, -0.25) is 0 Å². The minimum atomic E-state index is -5.46. The second-order valence-electron chi connectivity index (χ2n) is 6.21. The van der Waals surface area contributed by atoms with Crippen LogP contribution in [0.4, 0.5) is 32.0 Å². The van der Waals surface area contributed by atoms with Crippen LogP contribution in [0.25, 0.3) is 0 Å². The molecule has 0 unspecified atom stereocenters. The lowest BCUT2D eigenvalue weighted by Crippen LogP contribution is -2.27. The first kappa shape index (κ1) is 25.0. The molecule has 0 aliphatic heterocycles. The fourth-order valence-electron chi connectivity index (χ4n) is 2.76. The molecule has 0 aliphatic carbocycles. The van der Waals surface area contributed by atoms with Gasteiger partial charge in [-0.05, 0) is 19.4 Å². The maximum atomic E-state index is 13.7. The molecular formula is C20H18F6N2O4. The number of aromatic nitrogens is 1. The maximum Gasteiger partial charge on any atom is 0.434 e. The fourth-order valence-corrected chi connectivity index (χ4v) is 2.76. The van der Waals surface area contributed by atoms with Crippen molar-refractivity contribution in [2.75, 3.05) is 18.5 Å². The van der Waals surface area contributed by atoms with Gasteiger partial charge in [-0.2, -0.15) is 26.3 Å². The van der Waals surface area contributed by atoms with E-state index in [-0.39, 0.29) is 19.8 Å². The summed E-state index contributed by atoms with van der Waals surface area (Å²) in [6.07, 6.45) is -10.9. The molecule has 1 heterocycles. The molecule has 0 spiro atoms. The van der Waals surface area contributed by atoms with E-state index in [0.717, 1.165) is 0 Å². The van der Waals surface area contributed by atoms with Gasteiger partial charge in [0.1, 0.15) is 11.1 Å². The quantitative estimate of drug-likeness (QED) is 0.455. The molecule has 0 atom stereocenters. The third-order valence-electron chi connectivity index (χ3n) is 4.01. The summed E-state index contributed by atoms with van der Waals surface area (Å²) in [5, 5.41) is 2.36. The number of ether oxygens (including phenoxy) is 2. The summed E-state index contributed by atoms with van der Waals surface area (Å²) in [5.74, 6) is -3.19. The van der Waals surface area contributed by atoms with E-state index in [4.69, 9.17) is 0 Å². The van der Waals surface area contributed by atoms with Crippen molar-refractivity contribution in [1.82, 2.24) is 4.98 Å². The summed E-state index contributed by atoms with van der Waals surface area (Å²) in [4.78, 5) is 27.5. The number of anilines is 1. The van der Waals surface area contributed by atoms with Gasteiger partial charge in [-0.15, -0.1) is 0 Å². The Bertz CT molecular complexity index is 921. The van der Waals surface area contributed by atoms with Crippen molar-refractivity contribution in [3.8, 4) is 0 Å². The van der Waals surface area contributed by atoms with Gasteiger partial charge in [-0.1, -0.05) is 30.3 Å². The Balaban J connectivity index is 2.89. The van der Waals surface area contributed by atoms with Gasteiger partial charge in [-0.25, -0.2) is 14.6 Å². The second kappa shape index (κ2) is 9.88. The lowest BCUT2D eigenvalue weighted by molar-refractivity contribution is -0.150. The van der Waals surface area contributed by atoms with Crippen molar-refractivity contribution >= 4 is 17.6 Å². The van der Waals surface area contributed by atoms with Crippen LogP contribution >= 0.6 is 0 Å². The third kappa shape index (κ3) is 5.68. The molecule has 1 N–H and O–H groups in total. The normalized spacial score (nSPS) is 11.8. The monoisotopic (exact) mass is 464 g/mol. The zero-order chi connectivity index (χ0) is 24.1. The second-order valence-corrected chi connectivity index (χ2v) is 6.21. The van der Waals surface area contributed by atoms with Crippen molar-refractivity contribution in [3.63, 3.8) is 0 Å². The van der Waals surface area contributed by atoms with Gasteiger partial charge in [0.25, 0.3) is 0 Å². The van der Waals surface area contributed by atoms with Crippen LogP contribution in [0.5, 0.6) is 0 Å². The average molecular weight is 464 g/mol. The largest absolute Gasteiger partial charge is 0.462 e. The molecule has 1 aromatic heterocycles. The van der Waals surface area contributed by atoms with Gasteiger partial charge in [0.05, 0.1) is 18.9 Å². The average Bonchev–Trinajstić information content (AvgIpc) is 2.70. The highest BCUT2D eigenvalue weighted by atomic mass is 19.4. The molecule has 0 saturated carbocycles. The summed E-state index contributed by atoms with van der Waals surface area (Å²) in [6, 6.07) is 7.90. The Labute approximate surface area is 178 Å². The van der Waals surface area contributed by atoms with Crippen LogP contribution in [0.15, 0.2) is 30.3 Å². The predicted molar refractivity (Wildman–Crippen MR) is 99.9 cm³/mol. The van der Waals surface area contributed by atoms with Crippen LogP contribution in [-0.2, 0) is 28.4 Å². The fraction of sp³-hybridized carbons (Fsp3) is 0.350. The standard InChI is InChI=1S/C20H18F6N2O4/c1-3-31-17(29)12-14(27-10-11-8-6-5-7-9-11)13(18(30)32-4-2)16(20(24,25)26)28-15(12)19(21,22)23/h5-9H,3-4,10H2,1-2H3,(H,27,28). The molecule has 0 saturated heterocycles. The molecule has 0 radical (unpaired) electrons. The first-order valence-electron chi connectivity index (χ1n) is 9.26. The molecule has 174 valence electrons. The van der Waals surface area contributed by atoms with E-state index < -0.39 is 52.5 Å². The Morgan fingerprint density at radius 2 is 1.28 bits per heavy atom. The number of hydrogen-bond donors (Lipinski definition) is 1. The number of alkyl halides is 6. The van der Waals surface area contributed by atoms with E-state index in [1.807, 2.05) is 0 Å². The number of nitrogens with zero attached hydrogens (tertiary/aromatic N) is 1. The molecule has 32 heavy (non-hydrogen) atoms. The summed E-state index contributed by atoms with van der Waals surface area (Å²) in [6.45, 7) is 1.55.